The quantitative estimate of drug-likeness (QED) is 0.644. The van der Waals surface area contributed by atoms with Gasteiger partial charge in [0.25, 0.3) is 5.69 Å². The predicted molar refractivity (Wildman–Crippen MR) is 79.9 cm³/mol. The number of nitro benzene ring substituents is 1. The van der Waals surface area contributed by atoms with E-state index in [1.807, 2.05) is 20.9 Å². The van der Waals surface area contributed by atoms with Gasteiger partial charge < -0.3 is 14.8 Å². The lowest BCUT2D eigenvalue weighted by Crippen LogP contribution is -2.60. The van der Waals surface area contributed by atoms with E-state index in [4.69, 9.17) is 9.47 Å². The van der Waals surface area contributed by atoms with Crippen molar-refractivity contribution in [2.45, 2.75) is 45.4 Å². The van der Waals surface area contributed by atoms with Crippen LogP contribution in [0.25, 0.3) is 0 Å². The lowest BCUT2D eigenvalue weighted by Gasteiger charge is -2.43. The van der Waals surface area contributed by atoms with Gasteiger partial charge in [-0.3, -0.25) is 10.1 Å². The predicted octanol–water partition coefficient (Wildman–Crippen LogP) is 2.36. The van der Waals surface area contributed by atoms with Crippen molar-refractivity contribution in [1.82, 2.24) is 5.32 Å². The van der Waals surface area contributed by atoms with Gasteiger partial charge in [-0.1, -0.05) is 0 Å². The molecule has 1 N–H and O–H groups in total. The Morgan fingerprint density at radius 3 is 2.67 bits per heavy atom. The second kappa shape index (κ2) is 6.41. The van der Waals surface area contributed by atoms with Crippen molar-refractivity contribution >= 4 is 5.69 Å². The Bertz CT molecular complexity index is 533. The van der Waals surface area contributed by atoms with Gasteiger partial charge in [0.2, 0.25) is 0 Å². The summed E-state index contributed by atoms with van der Waals surface area (Å²) in [6, 6.07) is 3.58. The molecule has 0 heterocycles. The maximum atomic E-state index is 11.0. The molecule has 0 saturated heterocycles. The maximum Gasteiger partial charge on any atom is 0.276 e. The molecule has 1 aromatic rings. The summed E-state index contributed by atoms with van der Waals surface area (Å²) in [6.45, 7) is 6.20. The summed E-state index contributed by atoms with van der Waals surface area (Å²) in [4.78, 5) is 10.7. The summed E-state index contributed by atoms with van der Waals surface area (Å²) in [7, 11) is 1.90. The Morgan fingerprint density at radius 2 is 2.10 bits per heavy atom. The van der Waals surface area contributed by atoms with Crippen molar-refractivity contribution in [1.29, 1.82) is 0 Å². The van der Waals surface area contributed by atoms with Crippen molar-refractivity contribution < 1.29 is 14.4 Å². The summed E-state index contributed by atoms with van der Waals surface area (Å²) >= 11 is 0. The SMILES string of the molecule is CCOC1C(NC)CC1Oc1cc([N+](=O)[O-])c(C)cc1C. The summed E-state index contributed by atoms with van der Waals surface area (Å²) < 4.78 is 11.6. The van der Waals surface area contributed by atoms with Crippen molar-refractivity contribution in [3.05, 3.63) is 33.4 Å². The first kappa shape index (κ1) is 15.7. The summed E-state index contributed by atoms with van der Waals surface area (Å²) in [6.07, 6.45) is 0.755. The van der Waals surface area contributed by atoms with Gasteiger partial charge in [-0.15, -0.1) is 0 Å². The zero-order valence-corrected chi connectivity index (χ0v) is 12.9. The molecule has 6 nitrogen and oxygen atoms in total. The van der Waals surface area contributed by atoms with Crippen LogP contribution >= 0.6 is 0 Å². The van der Waals surface area contributed by atoms with Crippen LogP contribution in [-0.2, 0) is 4.74 Å². The first-order chi connectivity index (χ1) is 9.97. The highest BCUT2D eigenvalue weighted by atomic mass is 16.6. The molecular weight excluding hydrogens is 272 g/mol. The van der Waals surface area contributed by atoms with Gasteiger partial charge in [-0.2, -0.15) is 0 Å². The molecule has 2 rings (SSSR count). The third-order valence-corrected chi connectivity index (χ3v) is 3.95. The fourth-order valence-corrected chi connectivity index (χ4v) is 2.70. The topological polar surface area (TPSA) is 73.6 Å². The van der Waals surface area contributed by atoms with E-state index < -0.39 is 0 Å². The van der Waals surface area contributed by atoms with Crippen LogP contribution < -0.4 is 10.1 Å². The largest absolute Gasteiger partial charge is 0.487 e. The molecule has 0 radical (unpaired) electrons. The molecule has 1 aliphatic rings. The molecule has 3 unspecified atom stereocenters. The van der Waals surface area contributed by atoms with Gasteiger partial charge in [0.15, 0.2) is 0 Å². The van der Waals surface area contributed by atoms with Gasteiger partial charge in [0.05, 0.1) is 11.0 Å². The molecule has 0 aromatic heterocycles. The Kier molecular flexibility index (Phi) is 4.80. The number of hydrogen-bond donors (Lipinski definition) is 1. The Balaban J connectivity index is 2.16. The zero-order chi connectivity index (χ0) is 15.6. The number of nitro groups is 1. The van der Waals surface area contributed by atoms with Crippen LogP contribution in [0.1, 0.15) is 24.5 Å². The fraction of sp³-hybridized carbons (Fsp3) is 0.600. The first-order valence-electron chi connectivity index (χ1n) is 7.19. The van der Waals surface area contributed by atoms with E-state index in [2.05, 4.69) is 5.32 Å². The van der Waals surface area contributed by atoms with Crippen LogP contribution in [0.3, 0.4) is 0 Å². The van der Waals surface area contributed by atoms with E-state index in [1.54, 1.807) is 13.0 Å². The Labute approximate surface area is 124 Å². The van der Waals surface area contributed by atoms with Crippen LogP contribution in [0, 0.1) is 24.0 Å². The molecule has 6 heteroatoms. The highest BCUT2D eigenvalue weighted by Gasteiger charge is 2.43. The van der Waals surface area contributed by atoms with Gasteiger partial charge in [-0.25, -0.2) is 0 Å². The third kappa shape index (κ3) is 3.16. The van der Waals surface area contributed by atoms with Gasteiger partial charge in [-0.05, 0) is 39.4 Å². The Morgan fingerprint density at radius 1 is 1.38 bits per heavy atom. The van der Waals surface area contributed by atoms with Crippen LogP contribution in [0.2, 0.25) is 0 Å². The summed E-state index contributed by atoms with van der Waals surface area (Å²) in [5, 5.41) is 14.2. The van der Waals surface area contributed by atoms with E-state index in [0.29, 0.717) is 17.9 Å². The number of nitrogens with zero attached hydrogens (tertiary/aromatic N) is 1. The molecule has 3 atom stereocenters. The first-order valence-corrected chi connectivity index (χ1v) is 7.19. The summed E-state index contributed by atoms with van der Waals surface area (Å²) in [5.74, 6) is 0.566. The zero-order valence-electron chi connectivity index (χ0n) is 12.9. The average Bonchev–Trinajstić information content (AvgIpc) is 2.41. The molecular formula is C15H22N2O4. The Hall–Kier alpha value is -1.66. The minimum atomic E-state index is -0.376. The number of rotatable bonds is 6. The number of aryl methyl sites for hydroxylation is 2. The fourth-order valence-electron chi connectivity index (χ4n) is 2.70. The van der Waals surface area contributed by atoms with E-state index in [-0.39, 0.29) is 28.9 Å². The minimum Gasteiger partial charge on any atom is -0.487 e. The number of hydrogen-bond acceptors (Lipinski definition) is 5. The number of ether oxygens (including phenoxy) is 2. The monoisotopic (exact) mass is 294 g/mol. The highest BCUT2D eigenvalue weighted by Crippen LogP contribution is 2.33. The second-order valence-electron chi connectivity index (χ2n) is 5.37. The molecule has 116 valence electrons. The molecule has 0 bridgehead atoms. The minimum absolute atomic E-state index is 0.0141. The van der Waals surface area contributed by atoms with Crippen molar-refractivity contribution in [3.63, 3.8) is 0 Å². The summed E-state index contributed by atoms with van der Waals surface area (Å²) in [5.41, 5.74) is 1.64. The van der Waals surface area contributed by atoms with Crippen molar-refractivity contribution in [3.8, 4) is 5.75 Å². The highest BCUT2D eigenvalue weighted by molar-refractivity contribution is 5.49. The van der Waals surface area contributed by atoms with Gasteiger partial charge in [0.1, 0.15) is 18.0 Å². The smallest absolute Gasteiger partial charge is 0.276 e. The van der Waals surface area contributed by atoms with Crippen LogP contribution in [0.15, 0.2) is 12.1 Å². The van der Waals surface area contributed by atoms with E-state index in [1.165, 1.54) is 6.07 Å². The van der Waals surface area contributed by atoms with Crippen molar-refractivity contribution in [2.24, 2.45) is 0 Å². The normalized spacial score (nSPS) is 24.5. The molecule has 1 fully saturated rings. The molecule has 1 aromatic carbocycles. The lowest BCUT2D eigenvalue weighted by atomic mass is 9.85. The standard InChI is InChI=1S/C15H22N2O4/c1-5-20-15-11(16-4)7-14(15)21-13-8-12(17(18)19)9(2)6-10(13)3/h6,8,11,14-16H,5,7H2,1-4H3. The molecule has 1 aliphatic carbocycles. The van der Waals surface area contributed by atoms with Crippen LogP contribution in [0.5, 0.6) is 5.75 Å². The van der Waals surface area contributed by atoms with E-state index in [0.717, 1.165) is 12.0 Å². The molecule has 0 aliphatic heterocycles. The number of nitrogens with one attached hydrogen (secondary N) is 1. The number of likely N-dealkylation sites (N-methyl/N-ethyl adjacent to an activating group) is 1. The second-order valence-corrected chi connectivity index (χ2v) is 5.37. The van der Waals surface area contributed by atoms with E-state index >= 15 is 0 Å². The number of benzene rings is 1. The third-order valence-electron chi connectivity index (χ3n) is 3.95. The van der Waals surface area contributed by atoms with Crippen molar-refractivity contribution in [2.75, 3.05) is 13.7 Å². The molecule has 0 amide bonds. The van der Waals surface area contributed by atoms with Gasteiger partial charge in [0, 0.05) is 24.6 Å². The molecule has 21 heavy (non-hydrogen) atoms. The van der Waals surface area contributed by atoms with Gasteiger partial charge >= 0.3 is 0 Å². The van der Waals surface area contributed by atoms with Crippen LogP contribution in [-0.4, -0.2) is 36.8 Å². The molecule has 0 spiro atoms. The lowest BCUT2D eigenvalue weighted by molar-refractivity contribution is -0.385. The average molecular weight is 294 g/mol. The maximum absolute atomic E-state index is 11.0. The van der Waals surface area contributed by atoms with Crippen LogP contribution in [0.4, 0.5) is 5.69 Å². The molecule has 1 saturated carbocycles. The van der Waals surface area contributed by atoms with E-state index in [9.17, 15) is 10.1 Å².